The zero-order valence-electron chi connectivity index (χ0n) is 8.15. The van der Waals surface area contributed by atoms with Crippen molar-refractivity contribution < 1.29 is 0 Å². The van der Waals surface area contributed by atoms with Crippen molar-refractivity contribution in [1.82, 2.24) is 0 Å². The Hall–Kier alpha value is -1.04. The molecule has 13 heavy (non-hydrogen) atoms. The van der Waals surface area contributed by atoms with E-state index >= 15 is 0 Å². The summed E-state index contributed by atoms with van der Waals surface area (Å²) in [5.41, 5.74) is 0. The van der Waals surface area contributed by atoms with Gasteiger partial charge >= 0.3 is 0 Å². The van der Waals surface area contributed by atoms with E-state index in [1.54, 1.807) is 0 Å². The van der Waals surface area contributed by atoms with E-state index in [9.17, 15) is 0 Å². The summed E-state index contributed by atoms with van der Waals surface area (Å²) in [5, 5.41) is 0. The van der Waals surface area contributed by atoms with Crippen LogP contribution < -0.4 is 0 Å². The van der Waals surface area contributed by atoms with Crippen LogP contribution in [0.4, 0.5) is 0 Å². The molecule has 0 heterocycles. The summed E-state index contributed by atoms with van der Waals surface area (Å²) < 4.78 is 0. The van der Waals surface area contributed by atoms with Gasteiger partial charge in [0.1, 0.15) is 0 Å². The van der Waals surface area contributed by atoms with E-state index in [1.165, 1.54) is 0 Å². The third-order valence-corrected chi connectivity index (χ3v) is 1.99. The van der Waals surface area contributed by atoms with Crippen molar-refractivity contribution in [2.24, 2.45) is 0 Å². The van der Waals surface area contributed by atoms with Crippen molar-refractivity contribution in [3.63, 3.8) is 0 Å². The Morgan fingerprint density at radius 3 is 1.46 bits per heavy atom. The van der Waals surface area contributed by atoms with Crippen molar-refractivity contribution in [3.05, 3.63) is 48.6 Å². The maximum Gasteiger partial charge on any atom is -0.0169 e. The van der Waals surface area contributed by atoms with Gasteiger partial charge in [0.15, 0.2) is 0 Å². The monoisotopic (exact) mass is 174 g/mol. The average molecular weight is 174 g/mol. The summed E-state index contributed by atoms with van der Waals surface area (Å²) in [4.78, 5) is 0. The maximum absolute atomic E-state index is 2.26. The number of rotatable bonds is 0. The molecule has 0 aromatic heterocycles. The van der Waals surface area contributed by atoms with E-state index in [0.717, 1.165) is 32.1 Å². The van der Waals surface area contributed by atoms with Gasteiger partial charge in [-0.3, -0.25) is 0 Å². The highest BCUT2D eigenvalue weighted by molar-refractivity contribution is 5.04. The molecule has 0 heteroatoms. The van der Waals surface area contributed by atoms with Crippen LogP contribution in [0, 0.1) is 0 Å². The Bertz CT molecular complexity index is 192. The smallest absolute Gasteiger partial charge is 0.0169 e. The molecule has 70 valence electrons. The fraction of sp³-hybridized carbons (Fsp3) is 0.385. The van der Waals surface area contributed by atoms with Crippen molar-refractivity contribution in [3.8, 4) is 0 Å². The highest BCUT2D eigenvalue weighted by Gasteiger charge is 1.79. The second kappa shape index (κ2) is 7.60. The van der Waals surface area contributed by atoms with Gasteiger partial charge < -0.3 is 0 Å². The average Bonchev–Trinajstić information content (AvgIpc) is 2.18. The second-order valence-corrected chi connectivity index (χ2v) is 3.19. The summed E-state index contributed by atoms with van der Waals surface area (Å²) in [5.74, 6) is 0. The molecule has 0 bridgehead atoms. The van der Waals surface area contributed by atoms with E-state index in [4.69, 9.17) is 0 Å². The lowest BCUT2D eigenvalue weighted by atomic mass is 10.2. The van der Waals surface area contributed by atoms with Gasteiger partial charge in [-0.15, -0.1) is 0 Å². The molecule has 0 atom stereocenters. The quantitative estimate of drug-likeness (QED) is 0.483. The molecular formula is C13H18. The van der Waals surface area contributed by atoms with Gasteiger partial charge in [-0.1, -0.05) is 48.6 Å². The summed E-state index contributed by atoms with van der Waals surface area (Å²) in [7, 11) is 0. The SMILES string of the molecule is C1=CCC/C=C/C=C\CC/C=C/C1. The zero-order chi connectivity index (χ0) is 9.19. The minimum absolute atomic E-state index is 1.09. The van der Waals surface area contributed by atoms with Crippen molar-refractivity contribution in [1.29, 1.82) is 0 Å². The van der Waals surface area contributed by atoms with Crippen LogP contribution in [0.25, 0.3) is 0 Å². The van der Waals surface area contributed by atoms with Gasteiger partial charge in [-0.25, -0.2) is 0 Å². The van der Waals surface area contributed by atoms with Crippen LogP contribution in [0.5, 0.6) is 0 Å². The molecular weight excluding hydrogens is 156 g/mol. The Morgan fingerprint density at radius 1 is 0.462 bits per heavy atom. The van der Waals surface area contributed by atoms with E-state index in [0.29, 0.717) is 0 Å². The predicted octanol–water partition coefficient (Wildman–Crippen LogP) is 4.18. The first kappa shape index (κ1) is 10.0. The third kappa shape index (κ3) is 6.15. The molecule has 0 aromatic rings. The van der Waals surface area contributed by atoms with Crippen molar-refractivity contribution >= 4 is 0 Å². The number of hydrogen-bond acceptors (Lipinski definition) is 0. The lowest BCUT2D eigenvalue weighted by Crippen LogP contribution is -1.64. The summed E-state index contributed by atoms with van der Waals surface area (Å²) >= 11 is 0. The van der Waals surface area contributed by atoms with E-state index in [2.05, 4.69) is 48.6 Å². The fourth-order valence-corrected chi connectivity index (χ4v) is 1.24. The topological polar surface area (TPSA) is 0 Å². The summed E-state index contributed by atoms with van der Waals surface area (Å²) in [6, 6.07) is 0. The second-order valence-electron chi connectivity index (χ2n) is 3.19. The molecule has 0 aliphatic heterocycles. The molecule has 0 saturated carbocycles. The normalized spacial score (nSPS) is 26.5. The molecule has 0 unspecified atom stereocenters. The van der Waals surface area contributed by atoms with Gasteiger partial charge in [0.25, 0.3) is 0 Å². The Morgan fingerprint density at radius 2 is 0.923 bits per heavy atom. The van der Waals surface area contributed by atoms with E-state index in [1.807, 2.05) is 0 Å². The molecule has 1 aliphatic rings. The maximum atomic E-state index is 2.26. The van der Waals surface area contributed by atoms with Crippen LogP contribution >= 0.6 is 0 Å². The van der Waals surface area contributed by atoms with Crippen LogP contribution in [0.3, 0.4) is 0 Å². The highest BCUT2D eigenvalue weighted by Crippen LogP contribution is 1.99. The standard InChI is InChI=1S/C13H18/c1-2-4-6-8-10-12-13-11-9-7-5-3-1/h1-4,9-12H,5-8,13H2/b3-1-,4-2+,11-9+,12-10?. The van der Waals surface area contributed by atoms with Gasteiger partial charge in [-0.05, 0) is 32.1 Å². The lowest BCUT2D eigenvalue weighted by Gasteiger charge is -1.85. The number of allylic oxidation sites excluding steroid dienone is 8. The molecule has 0 N–H and O–H groups in total. The molecule has 0 fully saturated rings. The van der Waals surface area contributed by atoms with Crippen LogP contribution in [0.1, 0.15) is 32.1 Å². The predicted molar refractivity (Wildman–Crippen MR) is 59.6 cm³/mol. The molecule has 0 saturated heterocycles. The van der Waals surface area contributed by atoms with Crippen molar-refractivity contribution in [2.45, 2.75) is 32.1 Å². The number of hydrogen-bond donors (Lipinski definition) is 0. The highest BCUT2D eigenvalue weighted by atomic mass is 13.9. The molecule has 0 spiro atoms. The van der Waals surface area contributed by atoms with Crippen LogP contribution in [-0.4, -0.2) is 0 Å². The van der Waals surface area contributed by atoms with Crippen molar-refractivity contribution in [2.75, 3.05) is 0 Å². The largest absolute Gasteiger partial charge is 0.0879 e. The van der Waals surface area contributed by atoms with Gasteiger partial charge in [0.2, 0.25) is 0 Å². The zero-order valence-corrected chi connectivity index (χ0v) is 8.15. The Labute approximate surface area is 81.4 Å². The Balaban J connectivity index is 2.38. The first-order valence-electron chi connectivity index (χ1n) is 5.12. The fourth-order valence-electron chi connectivity index (χ4n) is 1.24. The molecule has 0 nitrogen and oxygen atoms in total. The summed E-state index contributed by atoms with van der Waals surface area (Å²) in [6.45, 7) is 0. The Kier molecular flexibility index (Phi) is 5.87. The molecule has 1 aliphatic carbocycles. The molecule has 0 aromatic carbocycles. The minimum atomic E-state index is 1.09. The van der Waals surface area contributed by atoms with Crippen LogP contribution in [0.2, 0.25) is 0 Å². The third-order valence-electron chi connectivity index (χ3n) is 1.99. The molecule has 0 radical (unpaired) electrons. The first-order valence-corrected chi connectivity index (χ1v) is 5.12. The van der Waals surface area contributed by atoms with Gasteiger partial charge in [0.05, 0.1) is 0 Å². The van der Waals surface area contributed by atoms with E-state index < -0.39 is 0 Å². The van der Waals surface area contributed by atoms with Gasteiger partial charge in [0, 0.05) is 0 Å². The molecule has 1 rings (SSSR count). The van der Waals surface area contributed by atoms with Crippen LogP contribution in [-0.2, 0) is 0 Å². The van der Waals surface area contributed by atoms with Crippen LogP contribution in [0.15, 0.2) is 48.6 Å². The van der Waals surface area contributed by atoms with E-state index in [-0.39, 0.29) is 0 Å². The first-order chi connectivity index (χ1) is 6.50. The summed E-state index contributed by atoms with van der Waals surface area (Å²) in [6.07, 6.45) is 23.5. The minimum Gasteiger partial charge on any atom is -0.0879 e. The van der Waals surface area contributed by atoms with Gasteiger partial charge in [-0.2, -0.15) is 0 Å². The lowest BCUT2D eigenvalue weighted by molar-refractivity contribution is 1.04. The molecule has 0 amide bonds.